The number of rotatable bonds is 2. The number of amides is 1. The summed E-state index contributed by atoms with van der Waals surface area (Å²) in [6.07, 6.45) is -0.171. The number of carbonyl (C=O) groups is 1. The molecular weight excluding hydrogens is 260 g/mol. The number of carbonyl (C=O) groups excluding carboxylic acids is 1. The normalized spacial score (nSPS) is 22.9. The Hall–Kier alpha value is -0.420. The maximum Gasteiger partial charge on any atom is 0.410 e. The topological polar surface area (TPSA) is 32.8 Å². The molecule has 2 fully saturated rings. The minimum absolute atomic E-state index is 0.168. The van der Waals surface area contributed by atoms with Crippen molar-refractivity contribution in [3.8, 4) is 0 Å². The third-order valence-corrected chi connectivity index (χ3v) is 4.86. The van der Waals surface area contributed by atoms with Crippen molar-refractivity contribution in [2.75, 3.05) is 31.9 Å². The molecule has 0 N–H and O–H groups in total. The smallest absolute Gasteiger partial charge is 0.410 e. The van der Waals surface area contributed by atoms with E-state index in [4.69, 9.17) is 4.74 Å². The van der Waals surface area contributed by atoms with Crippen molar-refractivity contribution >= 4 is 17.9 Å². The average molecular weight is 286 g/mol. The summed E-state index contributed by atoms with van der Waals surface area (Å²) in [7, 11) is 0. The summed E-state index contributed by atoms with van der Waals surface area (Å²) in [5.74, 6) is 1.85. The van der Waals surface area contributed by atoms with Crippen molar-refractivity contribution < 1.29 is 9.53 Å². The Morgan fingerprint density at radius 3 is 2.53 bits per heavy atom. The Kier molecular flexibility index (Phi) is 4.07. The van der Waals surface area contributed by atoms with Gasteiger partial charge >= 0.3 is 6.09 Å². The maximum atomic E-state index is 12.0. The maximum absolute atomic E-state index is 12.0. The van der Waals surface area contributed by atoms with Crippen molar-refractivity contribution in [1.29, 1.82) is 0 Å². The lowest BCUT2D eigenvalue weighted by Gasteiger charge is -2.51. The van der Waals surface area contributed by atoms with Crippen LogP contribution in [0.3, 0.4) is 0 Å². The van der Waals surface area contributed by atoms with Crippen LogP contribution in [-0.2, 0) is 4.74 Å². The SMILES string of the molecule is CC(C)CN1CCSC12CN(C(=O)OC(C)(C)C)C2. The van der Waals surface area contributed by atoms with Crippen molar-refractivity contribution in [2.24, 2.45) is 5.92 Å². The van der Waals surface area contributed by atoms with Gasteiger partial charge in [-0.3, -0.25) is 4.90 Å². The fourth-order valence-corrected chi connectivity index (χ4v) is 4.17. The molecule has 110 valence electrons. The van der Waals surface area contributed by atoms with E-state index in [1.807, 2.05) is 37.4 Å². The summed E-state index contributed by atoms with van der Waals surface area (Å²) in [6, 6.07) is 0. The van der Waals surface area contributed by atoms with Gasteiger partial charge in [-0.2, -0.15) is 0 Å². The molecule has 1 amide bonds. The van der Waals surface area contributed by atoms with Gasteiger partial charge in [0, 0.05) is 18.8 Å². The van der Waals surface area contributed by atoms with Crippen LogP contribution in [-0.4, -0.2) is 58.3 Å². The molecule has 2 aliphatic heterocycles. The van der Waals surface area contributed by atoms with Crippen LogP contribution in [0.2, 0.25) is 0 Å². The summed E-state index contributed by atoms with van der Waals surface area (Å²) >= 11 is 2.00. The highest BCUT2D eigenvalue weighted by Gasteiger charge is 2.53. The molecule has 0 saturated carbocycles. The highest BCUT2D eigenvalue weighted by atomic mass is 32.2. The van der Waals surface area contributed by atoms with Crippen LogP contribution in [0.4, 0.5) is 4.79 Å². The third kappa shape index (κ3) is 3.37. The van der Waals surface area contributed by atoms with E-state index in [0.717, 1.165) is 26.2 Å². The Labute approximate surface area is 120 Å². The minimum Gasteiger partial charge on any atom is -0.444 e. The van der Waals surface area contributed by atoms with E-state index in [9.17, 15) is 4.79 Å². The second-order valence-electron chi connectivity index (χ2n) is 6.97. The van der Waals surface area contributed by atoms with E-state index in [1.54, 1.807) is 0 Å². The van der Waals surface area contributed by atoms with Gasteiger partial charge in [0.1, 0.15) is 10.5 Å². The van der Waals surface area contributed by atoms with E-state index in [2.05, 4.69) is 18.7 Å². The number of nitrogens with zero attached hydrogens (tertiary/aromatic N) is 2. The van der Waals surface area contributed by atoms with Gasteiger partial charge in [0.2, 0.25) is 0 Å². The predicted octanol–water partition coefficient (Wildman–Crippen LogP) is 2.64. The molecule has 2 aliphatic rings. The molecular formula is C14H26N2O2S. The van der Waals surface area contributed by atoms with Crippen LogP contribution in [0.1, 0.15) is 34.6 Å². The quantitative estimate of drug-likeness (QED) is 0.781. The highest BCUT2D eigenvalue weighted by Crippen LogP contribution is 2.43. The summed E-state index contributed by atoms with van der Waals surface area (Å²) < 4.78 is 5.42. The molecule has 0 aromatic carbocycles. The Morgan fingerprint density at radius 2 is 2.00 bits per heavy atom. The molecule has 4 nitrogen and oxygen atoms in total. The van der Waals surface area contributed by atoms with Crippen LogP contribution in [0, 0.1) is 5.92 Å². The van der Waals surface area contributed by atoms with Gasteiger partial charge in [0.15, 0.2) is 0 Å². The highest BCUT2D eigenvalue weighted by molar-refractivity contribution is 8.01. The zero-order valence-corrected chi connectivity index (χ0v) is 13.5. The van der Waals surface area contributed by atoms with Gasteiger partial charge in [-0.25, -0.2) is 4.79 Å². The lowest BCUT2D eigenvalue weighted by molar-refractivity contribution is -0.0235. The van der Waals surface area contributed by atoms with Gasteiger partial charge in [0.05, 0.1) is 13.1 Å². The zero-order valence-electron chi connectivity index (χ0n) is 12.7. The number of hydrogen-bond acceptors (Lipinski definition) is 4. The molecule has 1 spiro atoms. The second kappa shape index (κ2) is 5.17. The second-order valence-corrected chi connectivity index (χ2v) is 8.43. The van der Waals surface area contributed by atoms with E-state index in [-0.39, 0.29) is 11.0 Å². The molecule has 0 unspecified atom stereocenters. The largest absolute Gasteiger partial charge is 0.444 e. The average Bonchev–Trinajstić information content (AvgIpc) is 2.54. The molecule has 2 rings (SSSR count). The predicted molar refractivity (Wildman–Crippen MR) is 79.4 cm³/mol. The van der Waals surface area contributed by atoms with Gasteiger partial charge in [-0.05, 0) is 26.7 Å². The number of likely N-dealkylation sites (tertiary alicyclic amines) is 1. The standard InChI is InChI=1S/C14H26N2O2S/c1-11(2)8-16-6-7-19-14(16)9-15(10-14)12(17)18-13(3,4)5/h11H,6-10H2,1-5H3. The molecule has 0 atom stereocenters. The van der Waals surface area contributed by atoms with E-state index >= 15 is 0 Å². The Bertz CT molecular complexity index is 346. The Balaban J connectivity index is 1.88. The summed E-state index contributed by atoms with van der Waals surface area (Å²) in [4.78, 5) is 16.5. The minimum atomic E-state index is -0.403. The van der Waals surface area contributed by atoms with Gasteiger partial charge in [0.25, 0.3) is 0 Å². The van der Waals surface area contributed by atoms with Gasteiger partial charge in [-0.1, -0.05) is 13.8 Å². The Morgan fingerprint density at radius 1 is 1.37 bits per heavy atom. The van der Waals surface area contributed by atoms with Crippen LogP contribution < -0.4 is 0 Å². The van der Waals surface area contributed by atoms with Crippen LogP contribution in [0.5, 0.6) is 0 Å². The third-order valence-electron chi connectivity index (χ3n) is 3.42. The number of hydrogen-bond donors (Lipinski definition) is 0. The summed E-state index contributed by atoms with van der Waals surface area (Å²) in [5.41, 5.74) is -0.403. The van der Waals surface area contributed by atoms with Gasteiger partial charge < -0.3 is 9.64 Å². The van der Waals surface area contributed by atoms with Gasteiger partial charge in [-0.15, -0.1) is 11.8 Å². The fourth-order valence-electron chi connectivity index (χ4n) is 2.64. The molecule has 2 heterocycles. The molecule has 0 radical (unpaired) electrons. The van der Waals surface area contributed by atoms with E-state index < -0.39 is 5.60 Å². The number of thioether (sulfide) groups is 1. The van der Waals surface area contributed by atoms with E-state index in [0.29, 0.717) is 5.92 Å². The van der Waals surface area contributed by atoms with Crippen molar-refractivity contribution in [1.82, 2.24) is 9.80 Å². The summed E-state index contributed by atoms with van der Waals surface area (Å²) in [6.45, 7) is 14.1. The number of ether oxygens (including phenoxy) is 1. The van der Waals surface area contributed by atoms with Crippen molar-refractivity contribution in [3.63, 3.8) is 0 Å². The zero-order chi connectivity index (χ0) is 14.3. The fraction of sp³-hybridized carbons (Fsp3) is 0.929. The molecule has 0 aromatic heterocycles. The summed E-state index contributed by atoms with van der Waals surface area (Å²) in [5, 5.41) is 0. The lowest BCUT2D eigenvalue weighted by atomic mass is 10.0. The van der Waals surface area contributed by atoms with Crippen molar-refractivity contribution in [3.05, 3.63) is 0 Å². The van der Waals surface area contributed by atoms with E-state index in [1.165, 1.54) is 5.75 Å². The molecule has 5 heteroatoms. The molecule has 2 saturated heterocycles. The van der Waals surface area contributed by atoms with Crippen molar-refractivity contribution in [2.45, 2.75) is 45.1 Å². The monoisotopic (exact) mass is 286 g/mol. The van der Waals surface area contributed by atoms with Crippen LogP contribution in [0.15, 0.2) is 0 Å². The van der Waals surface area contributed by atoms with Crippen LogP contribution in [0.25, 0.3) is 0 Å². The molecule has 0 aromatic rings. The van der Waals surface area contributed by atoms with Crippen LogP contribution >= 0.6 is 11.8 Å². The first-order valence-corrected chi connectivity index (χ1v) is 8.07. The lowest BCUT2D eigenvalue weighted by Crippen LogP contribution is -2.68. The molecule has 0 bridgehead atoms. The first kappa shape index (κ1) is 15.0. The molecule has 0 aliphatic carbocycles. The first-order valence-electron chi connectivity index (χ1n) is 7.09. The molecule has 19 heavy (non-hydrogen) atoms. The first-order chi connectivity index (χ1) is 8.72.